The number of nitrogens with zero attached hydrogens (tertiary/aromatic N) is 2. The van der Waals surface area contributed by atoms with Crippen molar-refractivity contribution in [2.24, 2.45) is 0 Å². The highest BCUT2D eigenvalue weighted by Gasteiger charge is 2.47. The van der Waals surface area contributed by atoms with Crippen molar-refractivity contribution in [2.45, 2.75) is 52.2 Å². The van der Waals surface area contributed by atoms with Gasteiger partial charge in [0.15, 0.2) is 0 Å². The molecule has 0 aromatic heterocycles. The van der Waals surface area contributed by atoms with Crippen molar-refractivity contribution in [3.8, 4) is 28.0 Å². The van der Waals surface area contributed by atoms with Crippen molar-refractivity contribution in [1.29, 1.82) is 0 Å². The van der Waals surface area contributed by atoms with E-state index < -0.39 is 5.41 Å². The molecule has 456 valence electrons. The van der Waals surface area contributed by atoms with Gasteiger partial charge in [0, 0.05) is 42.8 Å². The second kappa shape index (κ2) is 32.8. The van der Waals surface area contributed by atoms with Gasteiger partial charge >= 0.3 is 0 Å². The molecule has 2 N–H and O–H groups in total. The third-order valence-electron chi connectivity index (χ3n) is 15.6. The van der Waals surface area contributed by atoms with Gasteiger partial charge < -0.3 is 67.4 Å². The van der Waals surface area contributed by atoms with Crippen LogP contribution in [0.4, 0.5) is 22.7 Å². The summed E-state index contributed by atoms with van der Waals surface area (Å²) in [6.45, 7) is 14.0. The fourth-order valence-electron chi connectivity index (χ4n) is 11.2. The maximum atomic E-state index is 12.7. The van der Waals surface area contributed by atoms with E-state index in [0.29, 0.717) is 112 Å². The number of fused-ring (bicyclic) bond motifs is 3. The first kappa shape index (κ1) is 63.7. The van der Waals surface area contributed by atoms with Crippen LogP contribution in [0.25, 0.3) is 22.3 Å². The minimum absolute atomic E-state index is 0.0291. The third kappa shape index (κ3) is 16.2. The summed E-state index contributed by atoms with van der Waals surface area (Å²) in [4.78, 5) is 16.9. The summed E-state index contributed by atoms with van der Waals surface area (Å²) in [5, 5.41) is 18.2. The van der Waals surface area contributed by atoms with Crippen molar-refractivity contribution >= 4 is 28.7 Å². The van der Waals surface area contributed by atoms with Crippen molar-refractivity contribution in [1.82, 2.24) is 0 Å². The van der Waals surface area contributed by atoms with Crippen LogP contribution in [-0.4, -0.2) is 149 Å². The number of anilines is 4. The standard InChI is InChI=1S/C71H84N2O13/c1-52-7-17-62(18-8-52)73(64-23-21-61(22-24-64)72-27-5-6-70(72)76)63-19-12-55(13-20-63)56-14-26-66-65-25-9-53(2)46-67(65)71(68(66)48-56,60-15-10-54(3)69(49-60)86-45-44-83-39-38-80-33-32-77-4)59-16-11-57(50-84-42-40-81-36-34-78-30-28-74)58(47-59)51-85-43-41-82-37-35-79-31-29-75/h7-26,46-49,74-75H,5-6,27-45,50-51H2,1-4H3. The minimum Gasteiger partial charge on any atom is -0.491 e. The van der Waals surface area contributed by atoms with E-state index in [9.17, 15) is 4.79 Å². The lowest BCUT2D eigenvalue weighted by molar-refractivity contribution is -0.117. The Balaban J connectivity index is 1.10. The first-order valence-corrected chi connectivity index (χ1v) is 30.1. The molecular weight excluding hydrogens is 1090 g/mol. The Bertz CT molecular complexity index is 3230. The molecule has 1 atom stereocenters. The van der Waals surface area contributed by atoms with E-state index in [1.165, 1.54) is 5.56 Å². The van der Waals surface area contributed by atoms with Gasteiger partial charge in [0.05, 0.1) is 131 Å². The Labute approximate surface area is 507 Å². The summed E-state index contributed by atoms with van der Waals surface area (Å²) in [6.07, 6.45) is 1.46. The molecule has 1 heterocycles. The van der Waals surface area contributed by atoms with Crippen molar-refractivity contribution in [3.05, 3.63) is 196 Å². The molecule has 1 amide bonds. The number of aliphatic hydroxyl groups excluding tert-OH is 2. The molecule has 1 fully saturated rings. The van der Waals surface area contributed by atoms with Crippen molar-refractivity contribution < 1.29 is 62.4 Å². The van der Waals surface area contributed by atoms with Crippen LogP contribution in [0.3, 0.4) is 0 Å². The molecule has 86 heavy (non-hydrogen) atoms. The van der Waals surface area contributed by atoms with E-state index in [2.05, 4.69) is 171 Å². The molecule has 1 aliphatic heterocycles. The summed E-state index contributed by atoms with van der Waals surface area (Å²) >= 11 is 0. The molecule has 0 saturated carbocycles. The van der Waals surface area contributed by atoms with E-state index in [1.54, 1.807) is 7.11 Å². The van der Waals surface area contributed by atoms with Crippen molar-refractivity contribution in [3.63, 3.8) is 0 Å². The fraction of sp³-hybridized carbons (Fsp3) is 0.394. The topological polar surface area (TPSA) is 156 Å². The second-order valence-corrected chi connectivity index (χ2v) is 21.5. The predicted octanol–water partition coefficient (Wildman–Crippen LogP) is 11.4. The number of ether oxygens (including phenoxy) is 10. The van der Waals surface area contributed by atoms with Gasteiger partial charge in [-0.05, 0) is 149 Å². The molecule has 15 nitrogen and oxygen atoms in total. The van der Waals surface area contributed by atoms with Crippen LogP contribution in [0.1, 0.15) is 62.9 Å². The number of benzene rings is 7. The molecule has 7 aromatic rings. The molecule has 1 unspecified atom stereocenters. The molecule has 9 rings (SSSR count). The van der Waals surface area contributed by atoms with E-state index >= 15 is 0 Å². The average molecular weight is 1170 g/mol. The maximum absolute atomic E-state index is 12.7. The molecule has 15 heteroatoms. The van der Waals surface area contributed by atoms with Gasteiger partial charge in [-0.2, -0.15) is 0 Å². The first-order valence-electron chi connectivity index (χ1n) is 30.1. The van der Waals surface area contributed by atoms with Crippen LogP contribution in [0, 0.1) is 20.8 Å². The molecule has 0 spiro atoms. The zero-order chi connectivity index (χ0) is 59.9. The van der Waals surface area contributed by atoms with Gasteiger partial charge in [0.1, 0.15) is 12.4 Å². The Morgan fingerprint density at radius 1 is 0.465 bits per heavy atom. The van der Waals surface area contributed by atoms with Gasteiger partial charge in [-0.3, -0.25) is 4.79 Å². The largest absolute Gasteiger partial charge is 0.491 e. The number of hydrogen-bond donors (Lipinski definition) is 2. The third-order valence-corrected chi connectivity index (χ3v) is 15.6. The summed E-state index contributed by atoms with van der Waals surface area (Å²) in [5.74, 6) is 0.936. The zero-order valence-electron chi connectivity index (χ0n) is 50.4. The van der Waals surface area contributed by atoms with E-state index in [-0.39, 0.29) is 32.3 Å². The van der Waals surface area contributed by atoms with Crippen LogP contribution >= 0.6 is 0 Å². The maximum Gasteiger partial charge on any atom is 0.227 e. The summed E-state index contributed by atoms with van der Waals surface area (Å²) in [6, 6.07) is 52.7. The highest BCUT2D eigenvalue weighted by molar-refractivity contribution is 5.96. The van der Waals surface area contributed by atoms with Crippen LogP contribution in [0.5, 0.6) is 5.75 Å². The lowest BCUT2D eigenvalue weighted by Gasteiger charge is -2.35. The number of rotatable bonds is 37. The quantitative estimate of drug-likeness (QED) is 0.0355. The number of methoxy groups -OCH3 is 1. The Hall–Kier alpha value is -6.83. The number of amides is 1. The predicted molar refractivity (Wildman–Crippen MR) is 335 cm³/mol. The molecule has 0 bridgehead atoms. The summed E-state index contributed by atoms with van der Waals surface area (Å²) in [7, 11) is 1.66. The first-order chi connectivity index (χ1) is 42.2. The van der Waals surface area contributed by atoms with Gasteiger partial charge in [-0.15, -0.1) is 0 Å². The summed E-state index contributed by atoms with van der Waals surface area (Å²) < 4.78 is 58.4. The minimum atomic E-state index is -0.847. The lowest BCUT2D eigenvalue weighted by atomic mass is 9.66. The monoisotopic (exact) mass is 1170 g/mol. The van der Waals surface area contributed by atoms with E-state index in [1.807, 2.05) is 4.90 Å². The smallest absolute Gasteiger partial charge is 0.227 e. The Morgan fingerprint density at radius 2 is 0.953 bits per heavy atom. The summed E-state index contributed by atoms with van der Waals surface area (Å²) in [5.41, 5.74) is 17.2. The van der Waals surface area contributed by atoms with Crippen LogP contribution in [0.2, 0.25) is 0 Å². The second-order valence-electron chi connectivity index (χ2n) is 21.5. The zero-order valence-corrected chi connectivity index (χ0v) is 50.4. The van der Waals surface area contributed by atoms with Crippen LogP contribution in [-0.2, 0) is 66.1 Å². The molecule has 1 aliphatic carbocycles. The molecule has 7 aromatic carbocycles. The number of aryl methyl sites for hydroxylation is 3. The Morgan fingerprint density at radius 3 is 1.55 bits per heavy atom. The van der Waals surface area contributed by atoms with E-state index in [0.717, 1.165) is 108 Å². The van der Waals surface area contributed by atoms with Gasteiger partial charge in [0.2, 0.25) is 5.91 Å². The van der Waals surface area contributed by atoms with Gasteiger partial charge in [-0.25, -0.2) is 0 Å². The van der Waals surface area contributed by atoms with Gasteiger partial charge in [0.25, 0.3) is 0 Å². The molecule has 2 aliphatic rings. The number of aliphatic hydroxyl groups is 2. The number of hydrogen-bond acceptors (Lipinski definition) is 14. The van der Waals surface area contributed by atoms with Crippen LogP contribution < -0.4 is 14.5 Å². The SMILES string of the molecule is COCCOCCOCCOc1cc(C2(c3ccc(COCCOCCOCCO)c(COCCOCCOCCO)c3)c3cc(C)ccc3-c3ccc(-c4ccc(N(c5ccc(C)cc5)c5ccc(N6CCCC6=O)cc5)cc4)cc32)ccc1C. The van der Waals surface area contributed by atoms with Crippen LogP contribution in [0.15, 0.2) is 146 Å². The average Bonchev–Trinajstić information content (AvgIpc) is 1.53. The highest BCUT2D eigenvalue weighted by Crippen LogP contribution is 2.58. The van der Waals surface area contributed by atoms with E-state index in [4.69, 9.17) is 57.6 Å². The van der Waals surface area contributed by atoms with Gasteiger partial charge in [-0.1, -0.05) is 96.1 Å². The fourth-order valence-corrected chi connectivity index (χ4v) is 11.2. The molecule has 0 radical (unpaired) electrons. The highest BCUT2D eigenvalue weighted by atomic mass is 16.6. The number of carbonyl (C=O) groups is 1. The Kier molecular flexibility index (Phi) is 24.3. The lowest BCUT2D eigenvalue weighted by Crippen LogP contribution is -2.29. The van der Waals surface area contributed by atoms with Crippen molar-refractivity contribution in [2.75, 3.05) is 142 Å². The molecular formula is C71H84N2O13. The normalized spacial score (nSPS) is 14.5. The molecule has 1 saturated heterocycles. The number of carbonyl (C=O) groups excluding carboxylic acids is 1.